The molecule has 108 valence electrons. The Morgan fingerprint density at radius 1 is 1.40 bits per heavy atom. The van der Waals surface area contributed by atoms with Crippen LogP contribution in [0.1, 0.15) is 0 Å². The van der Waals surface area contributed by atoms with Gasteiger partial charge in [-0.05, 0) is 18.2 Å². The number of halogens is 1. The highest BCUT2D eigenvalue weighted by molar-refractivity contribution is 6.30. The summed E-state index contributed by atoms with van der Waals surface area (Å²) in [5, 5.41) is 4.06. The van der Waals surface area contributed by atoms with Crippen molar-refractivity contribution in [3.63, 3.8) is 0 Å². The van der Waals surface area contributed by atoms with Gasteiger partial charge in [0.15, 0.2) is 5.96 Å². The Balaban J connectivity index is 1.93. The average molecular weight is 293 g/mol. The van der Waals surface area contributed by atoms with Crippen LogP contribution in [0.5, 0.6) is 0 Å². The molecular weight excluding hydrogens is 272 g/mol. The van der Waals surface area contributed by atoms with Crippen LogP contribution in [-0.2, 0) is 0 Å². The normalized spacial score (nSPS) is 16.2. The molecule has 2 rings (SSSR count). The SMILES string of the molecule is C=CCNC(=NC)N1CCN(c2cccc(Cl)c2)CC1. The molecule has 1 heterocycles. The summed E-state index contributed by atoms with van der Waals surface area (Å²) in [6.45, 7) is 8.28. The van der Waals surface area contributed by atoms with Gasteiger partial charge in [0, 0.05) is 50.5 Å². The molecule has 1 aromatic rings. The lowest BCUT2D eigenvalue weighted by Gasteiger charge is -2.37. The summed E-state index contributed by atoms with van der Waals surface area (Å²) in [4.78, 5) is 8.92. The Morgan fingerprint density at radius 2 is 2.15 bits per heavy atom. The molecule has 0 saturated carbocycles. The van der Waals surface area contributed by atoms with Crippen LogP contribution in [-0.4, -0.2) is 50.6 Å². The van der Waals surface area contributed by atoms with Crippen molar-refractivity contribution in [2.75, 3.05) is 44.7 Å². The van der Waals surface area contributed by atoms with E-state index >= 15 is 0 Å². The Morgan fingerprint density at radius 3 is 2.75 bits per heavy atom. The molecule has 0 aromatic heterocycles. The van der Waals surface area contributed by atoms with E-state index in [4.69, 9.17) is 11.6 Å². The Kier molecular flexibility index (Phi) is 5.30. The van der Waals surface area contributed by atoms with Crippen molar-refractivity contribution >= 4 is 23.2 Å². The molecule has 0 unspecified atom stereocenters. The number of anilines is 1. The second kappa shape index (κ2) is 7.20. The van der Waals surface area contributed by atoms with Gasteiger partial charge in [-0.3, -0.25) is 4.99 Å². The summed E-state index contributed by atoms with van der Waals surface area (Å²) in [6.07, 6.45) is 1.84. The van der Waals surface area contributed by atoms with Crippen molar-refractivity contribution < 1.29 is 0 Å². The van der Waals surface area contributed by atoms with E-state index in [1.165, 1.54) is 5.69 Å². The number of nitrogens with one attached hydrogen (secondary N) is 1. The van der Waals surface area contributed by atoms with Crippen LogP contribution in [0.3, 0.4) is 0 Å². The van der Waals surface area contributed by atoms with Crippen LogP contribution >= 0.6 is 11.6 Å². The molecule has 0 spiro atoms. The standard InChI is InChI=1S/C15H21ClN4/c1-3-7-18-15(17-2)20-10-8-19(9-11-20)14-6-4-5-13(16)12-14/h3-6,12H,1,7-11H2,2H3,(H,17,18). The van der Waals surface area contributed by atoms with Crippen molar-refractivity contribution in [3.05, 3.63) is 41.9 Å². The third kappa shape index (κ3) is 3.67. The van der Waals surface area contributed by atoms with Gasteiger partial charge in [0.1, 0.15) is 0 Å². The van der Waals surface area contributed by atoms with E-state index in [1.54, 1.807) is 0 Å². The quantitative estimate of drug-likeness (QED) is 0.526. The van der Waals surface area contributed by atoms with E-state index in [1.807, 2.05) is 31.3 Å². The smallest absolute Gasteiger partial charge is 0.194 e. The molecule has 1 aliphatic heterocycles. The van der Waals surface area contributed by atoms with Gasteiger partial charge < -0.3 is 15.1 Å². The maximum absolute atomic E-state index is 6.05. The first-order valence-corrected chi connectivity index (χ1v) is 7.19. The predicted molar refractivity (Wildman–Crippen MR) is 86.8 cm³/mol. The number of aliphatic imine (C=N–C) groups is 1. The van der Waals surface area contributed by atoms with Crippen LogP contribution < -0.4 is 10.2 Å². The summed E-state index contributed by atoms with van der Waals surface area (Å²) >= 11 is 6.05. The monoisotopic (exact) mass is 292 g/mol. The zero-order valence-corrected chi connectivity index (χ0v) is 12.6. The van der Waals surface area contributed by atoms with Gasteiger partial charge in [-0.15, -0.1) is 6.58 Å². The molecule has 1 fully saturated rings. The Bertz CT molecular complexity index is 479. The fourth-order valence-electron chi connectivity index (χ4n) is 2.35. The number of benzene rings is 1. The molecule has 1 aromatic carbocycles. The third-order valence-electron chi connectivity index (χ3n) is 3.37. The molecule has 0 amide bonds. The van der Waals surface area contributed by atoms with Gasteiger partial charge in [-0.25, -0.2) is 0 Å². The number of rotatable bonds is 3. The van der Waals surface area contributed by atoms with Gasteiger partial charge >= 0.3 is 0 Å². The van der Waals surface area contributed by atoms with E-state index in [-0.39, 0.29) is 0 Å². The van der Waals surface area contributed by atoms with E-state index in [2.05, 4.69) is 32.8 Å². The van der Waals surface area contributed by atoms with E-state index < -0.39 is 0 Å². The third-order valence-corrected chi connectivity index (χ3v) is 3.60. The summed E-state index contributed by atoms with van der Waals surface area (Å²) in [7, 11) is 1.81. The molecule has 0 bridgehead atoms. The maximum Gasteiger partial charge on any atom is 0.194 e. The van der Waals surface area contributed by atoms with Crippen molar-refractivity contribution in [2.24, 2.45) is 4.99 Å². The zero-order chi connectivity index (χ0) is 14.4. The maximum atomic E-state index is 6.05. The second-order valence-electron chi connectivity index (χ2n) is 4.67. The lowest BCUT2D eigenvalue weighted by molar-refractivity contribution is 0.374. The highest BCUT2D eigenvalue weighted by Crippen LogP contribution is 2.20. The first kappa shape index (κ1) is 14.7. The topological polar surface area (TPSA) is 30.9 Å². The lowest BCUT2D eigenvalue weighted by Crippen LogP contribution is -2.52. The molecule has 1 saturated heterocycles. The number of hydrogen-bond acceptors (Lipinski definition) is 2. The molecule has 1 aliphatic rings. The highest BCUT2D eigenvalue weighted by atomic mass is 35.5. The Labute approximate surface area is 125 Å². The van der Waals surface area contributed by atoms with Crippen molar-refractivity contribution in [2.45, 2.75) is 0 Å². The fraction of sp³-hybridized carbons (Fsp3) is 0.400. The molecule has 0 atom stereocenters. The van der Waals surface area contributed by atoms with Gasteiger partial charge in [0.25, 0.3) is 0 Å². The van der Waals surface area contributed by atoms with Crippen molar-refractivity contribution in [1.82, 2.24) is 10.2 Å². The van der Waals surface area contributed by atoms with Gasteiger partial charge in [0.2, 0.25) is 0 Å². The van der Waals surface area contributed by atoms with Crippen LogP contribution in [0.25, 0.3) is 0 Å². The summed E-state index contributed by atoms with van der Waals surface area (Å²) in [5.41, 5.74) is 1.19. The van der Waals surface area contributed by atoms with E-state index in [0.717, 1.165) is 43.7 Å². The molecule has 1 N–H and O–H groups in total. The zero-order valence-electron chi connectivity index (χ0n) is 11.8. The average Bonchev–Trinajstić information content (AvgIpc) is 2.49. The van der Waals surface area contributed by atoms with E-state index in [9.17, 15) is 0 Å². The second-order valence-corrected chi connectivity index (χ2v) is 5.11. The van der Waals surface area contributed by atoms with Crippen LogP contribution in [0.2, 0.25) is 5.02 Å². The summed E-state index contributed by atoms with van der Waals surface area (Å²) in [6, 6.07) is 8.02. The Hall–Kier alpha value is -1.68. The summed E-state index contributed by atoms with van der Waals surface area (Å²) < 4.78 is 0. The minimum Gasteiger partial charge on any atom is -0.368 e. The predicted octanol–water partition coefficient (Wildman–Crippen LogP) is 2.22. The molecule has 5 heteroatoms. The fourth-order valence-corrected chi connectivity index (χ4v) is 2.53. The van der Waals surface area contributed by atoms with Crippen LogP contribution in [0, 0.1) is 0 Å². The lowest BCUT2D eigenvalue weighted by atomic mass is 10.2. The van der Waals surface area contributed by atoms with E-state index in [0.29, 0.717) is 0 Å². The highest BCUT2D eigenvalue weighted by Gasteiger charge is 2.19. The molecule has 20 heavy (non-hydrogen) atoms. The first-order valence-electron chi connectivity index (χ1n) is 6.81. The number of guanidine groups is 1. The molecule has 0 aliphatic carbocycles. The molecule has 4 nitrogen and oxygen atoms in total. The summed E-state index contributed by atoms with van der Waals surface area (Å²) in [5.74, 6) is 0.940. The number of nitrogens with zero attached hydrogens (tertiary/aromatic N) is 3. The minimum atomic E-state index is 0.737. The van der Waals surface area contributed by atoms with Crippen LogP contribution in [0.4, 0.5) is 5.69 Å². The van der Waals surface area contributed by atoms with Gasteiger partial charge in [-0.2, -0.15) is 0 Å². The van der Waals surface area contributed by atoms with Crippen LogP contribution in [0.15, 0.2) is 41.9 Å². The number of piperazine rings is 1. The molecule has 0 radical (unpaired) electrons. The van der Waals surface area contributed by atoms with Gasteiger partial charge in [0.05, 0.1) is 0 Å². The number of hydrogen-bond donors (Lipinski definition) is 1. The van der Waals surface area contributed by atoms with Crippen molar-refractivity contribution in [3.8, 4) is 0 Å². The molecular formula is C15H21ClN4. The van der Waals surface area contributed by atoms with Crippen molar-refractivity contribution in [1.29, 1.82) is 0 Å². The minimum absolute atomic E-state index is 0.737. The van der Waals surface area contributed by atoms with Gasteiger partial charge in [-0.1, -0.05) is 23.7 Å². The largest absolute Gasteiger partial charge is 0.368 e. The first-order chi connectivity index (χ1) is 9.74.